The third-order valence-electron chi connectivity index (χ3n) is 2.62. The number of aromatic nitrogens is 2. The van der Waals surface area contributed by atoms with Crippen LogP contribution >= 0.6 is 0 Å². The number of aliphatic hydroxyl groups excluding tert-OH is 1. The molecule has 1 atom stereocenters. The van der Waals surface area contributed by atoms with E-state index in [0.29, 0.717) is 17.8 Å². The minimum atomic E-state index is -1.05. The molecule has 90 valence electrons. The van der Waals surface area contributed by atoms with Crippen molar-refractivity contribution < 1.29 is 15.0 Å². The fourth-order valence-electron chi connectivity index (χ4n) is 1.93. The van der Waals surface area contributed by atoms with Gasteiger partial charge in [0.1, 0.15) is 5.82 Å². The van der Waals surface area contributed by atoms with Crippen LogP contribution in [0.4, 0.5) is 0 Å². The zero-order valence-corrected chi connectivity index (χ0v) is 9.71. The Morgan fingerprint density at radius 3 is 2.88 bits per heavy atom. The zero-order valence-electron chi connectivity index (χ0n) is 9.71. The topological polar surface area (TPSA) is 74.8 Å². The maximum atomic E-state index is 11.1. The monoisotopic (exact) mass is 234 g/mol. The fourth-order valence-corrected chi connectivity index (χ4v) is 1.93. The molecule has 0 fully saturated rings. The van der Waals surface area contributed by atoms with Gasteiger partial charge in [-0.1, -0.05) is 6.07 Å². The Bertz CT molecular complexity index is 572. The average molecular weight is 234 g/mol. The first-order valence-corrected chi connectivity index (χ1v) is 5.38. The number of imidazole rings is 1. The lowest BCUT2D eigenvalue weighted by Crippen LogP contribution is -2.08. The molecule has 0 saturated carbocycles. The van der Waals surface area contributed by atoms with E-state index >= 15 is 0 Å². The van der Waals surface area contributed by atoms with Crippen molar-refractivity contribution in [2.45, 2.75) is 26.4 Å². The molecule has 0 spiro atoms. The number of nitrogens with zero attached hydrogens (tertiary/aromatic N) is 2. The molecule has 2 N–H and O–H groups in total. The van der Waals surface area contributed by atoms with Crippen molar-refractivity contribution in [1.82, 2.24) is 9.38 Å². The number of carboxylic acid groups (broad SMARTS) is 1. The van der Waals surface area contributed by atoms with E-state index in [1.54, 1.807) is 17.5 Å². The Labute approximate surface area is 98.3 Å². The second-order valence-electron chi connectivity index (χ2n) is 4.14. The molecule has 2 aromatic rings. The molecule has 0 aliphatic carbocycles. The summed E-state index contributed by atoms with van der Waals surface area (Å²) < 4.78 is 1.73. The van der Waals surface area contributed by atoms with Crippen LogP contribution in [0.2, 0.25) is 0 Å². The fraction of sp³-hybridized carbons (Fsp3) is 0.333. The van der Waals surface area contributed by atoms with E-state index in [4.69, 9.17) is 5.11 Å². The van der Waals surface area contributed by atoms with E-state index in [0.717, 1.165) is 5.56 Å². The first-order chi connectivity index (χ1) is 8.00. The van der Waals surface area contributed by atoms with Crippen LogP contribution in [0.3, 0.4) is 0 Å². The summed E-state index contributed by atoms with van der Waals surface area (Å²) in [7, 11) is 0. The molecular formula is C12H14N2O3. The Kier molecular flexibility index (Phi) is 2.85. The third-order valence-corrected chi connectivity index (χ3v) is 2.62. The van der Waals surface area contributed by atoms with Crippen molar-refractivity contribution >= 4 is 11.5 Å². The van der Waals surface area contributed by atoms with Gasteiger partial charge in [0, 0.05) is 12.6 Å². The highest BCUT2D eigenvalue weighted by Gasteiger charge is 2.18. The highest BCUT2D eigenvalue weighted by Crippen LogP contribution is 2.18. The summed E-state index contributed by atoms with van der Waals surface area (Å²) in [6, 6.07) is 3.68. The summed E-state index contributed by atoms with van der Waals surface area (Å²) in [5.74, 6) is -0.482. The van der Waals surface area contributed by atoms with E-state index in [1.807, 2.05) is 19.1 Å². The minimum absolute atomic E-state index is 0.0405. The molecule has 0 aliphatic rings. The van der Waals surface area contributed by atoms with Crippen LogP contribution in [-0.4, -0.2) is 31.7 Å². The molecule has 2 rings (SSSR count). The van der Waals surface area contributed by atoms with Crippen molar-refractivity contribution in [1.29, 1.82) is 0 Å². The molecule has 0 saturated heterocycles. The Balaban J connectivity index is 2.71. The SMILES string of the molecule is Cc1cccn2c(CC(C)O)nc(C(=O)O)c12. The summed E-state index contributed by atoms with van der Waals surface area (Å²) in [5, 5.41) is 18.5. The van der Waals surface area contributed by atoms with Crippen molar-refractivity contribution in [2.75, 3.05) is 0 Å². The summed E-state index contributed by atoms with van der Waals surface area (Å²) in [5.41, 5.74) is 1.49. The number of aromatic carboxylic acids is 1. The summed E-state index contributed by atoms with van der Waals surface area (Å²) in [6.45, 7) is 3.49. The summed E-state index contributed by atoms with van der Waals surface area (Å²) in [6.07, 6.45) is 1.54. The van der Waals surface area contributed by atoms with Crippen LogP contribution in [0.15, 0.2) is 18.3 Å². The van der Waals surface area contributed by atoms with Crippen molar-refractivity contribution in [3.63, 3.8) is 0 Å². The van der Waals surface area contributed by atoms with E-state index in [9.17, 15) is 9.90 Å². The zero-order chi connectivity index (χ0) is 12.6. The smallest absolute Gasteiger partial charge is 0.356 e. The van der Waals surface area contributed by atoms with Gasteiger partial charge in [0.25, 0.3) is 0 Å². The predicted octanol–water partition coefficient (Wildman–Crippen LogP) is 1.26. The second kappa shape index (κ2) is 4.18. The molecule has 0 radical (unpaired) electrons. The van der Waals surface area contributed by atoms with Gasteiger partial charge in [-0.15, -0.1) is 0 Å². The number of fused-ring (bicyclic) bond motifs is 1. The normalized spacial score (nSPS) is 12.9. The molecule has 17 heavy (non-hydrogen) atoms. The van der Waals surface area contributed by atoms with Gasteiger partial charge in [0.2, 0.25) is 0 Å². The maximum absolute atomic E-state index is 11.1. The predicted molar refractivity (Wildman–Crippen MR) is 62.3 cm³/mol. The maximum Gasteiger partial charge on any atom is 0.356 e. The van der Waals surface area contributed by atoms with Crippen LogP contribution in [0.1, 0.15) is 28.8 Å². The molecule has 2 heterocycles. The number of rotatable bonds is 3. The van der Waals surface area contributed by atoms with Crippen LogP contribution in [0.5, 0.6) is 0 Å². The highest BCUT2D eigenvalue weighted by molar-refractivity contribution is 5.94. The average Bonchev–Trinajstić information content (AvgIpc) is 2.58. The Morgan fingerprint density at radius 2 is 2.29 bits per heavy atom. The second-order valence-corrected chi connectivity index (χ2v) is 4.14. The number of aliphatic hydroxyl groups is 1. The Hall–Kier alpha value is -1.88. The van der Waals surface area contributed by atoms with Crippen molar-refractivity contribution in [3.05, 3.63) is 35.4 Å². The molecule has 2 aromatic heterocycles. The Morgan fingerprint density at radius 1 is 1.59 bits per heavy atom. The molecule has 0 bridgehead atoms. The number of carbonyl (C=O) groups is 1. The summed E-state index contributed by atoms with van der Waals surface area (Å²) in [4.78, 5) is 15.2. The van der Waals surface area contributed by atoms with E-state index in [-0.39, 0.29) is 5.69 Å². The lowest BCUT2D eigenvalue weighted by molar-refractivity contribution is 0.0692. The number of aryl methyl sites for hydroxylation is 1. The van der Waals surface area contributed by atoms with Crippen molar-refractivity contribution in [2.24, 2.45) is 0 Å². The number of hydrogen-bond acceptors (Lipinski definition) is 3. The van der Waals surface area contributed by atoms with E-state index < -0.39 is 12.1 Å². The molecule has 0 aromatic carbocycles. The lowest BCUT2D eigenvalue weighted by atomic mass is 10.2. The largest absolute Gasteiger partial charge is 0.476 e. The standard InChI is InChI=1S/C12H14N2O3/c1-7-4-3-5-14-9(6-8(2)15)13-10(11(7)14)12(16)17/h3-5,8,15H,6H2,1-2H3,(H,16,17). The first kappa shape index (κ1) is 11.6. The minimum Gasteiger partial charge on any atom is -0.476 e. The number of hydrogen-bond donors (Lipinski definition) is 2. The molecule has 0 amide bonds. The molecule has 5 nitrogen and oxygen atoms in total. The quantitative estimate of drug-likeness (QED) is 0.838. The molecular weight excluding hydrogens is 220 g/mol. The first-order valence-electron chi connectivity index (χ1n) is 5.38. The van der Waals surface area contributed by atoms with Crippen LogP contribution < -0.4 is 0 Å². The molecule has 5 heteroatoms. The van der Waals surface area contributed by atoms with Gasteiger partial charge in [-0.2, -0.15) is 0 Å². The van der Waals surface area contributed by atoms with Crippen LogP contribution in [0, 0.1) is 6.92 Å². The van der Waals surface area contributed by atoms with Crippen LogP contribution in [0.25, 0.3) is 5.52 Å². The van der Waals surface area contributed by atoms with Crippen molar-refractivity contribution in [3.8, 4) is 0 Å². The number of pyridine rings is 1. The third kappa shape index (κ3) is 2.01. The summed E-state index contributed by atoms with van der Waals surface area (Å²) >= 11 is 0. The van der Waals surface area contributed by atoms with E-state index in [1.165, 1.54) is 0 Å². The molecule has 0 aliphatic heterocycles. The van der Waals surface area contributed by atoms with Gasteiger partial charge in [-0.3, -0.25) is 0 Å². The lowest BCUT2D eigenvalue weighted by Gasteiger charge is -2.04. The van der Waals surface area contributed by atoms with E-state index in [2.05, 4.69) is 4.98 Å². The highest BCUT2D eigenvalue weighted by atomic mass is 16.4. The van der Waals surface area contributed by atoms with Gasteiger partial charge in [0.05, 0.1) is 11.6 Å². The van der Waals surface area contributed by atoms with Gasteiger partial charge in [-0.25, -0.2) is 9.78 Å². The van der Waals surface area contributed by atoms with Gasteiger partial charge >= 0.3 is 5.97 Å². The molecule has 1 unspecified atom stereocenters. The van der Waals surface area contributed by atoms with Crippen LogP contribution in [-0.2, 0) is 6.42 Å². The number of carboxylic acids is 1. The van der Waals surface area contributed by atoms with Gasteiger partial charge in [-0.05, 0) is 25.5 Å². The van der Waals surface area contributed by atoms with Gasteiger partial charge < -0.3 is 14.6 Å². The van der Waals surface area contributed by atoms with Gasteiger partial charge in [0.15, 0.2) is 5.69 Å².